The fourth-order valence-electron chi connectivity index (χ4n) is 2.64. The van der Waals surface area contributed by atoms with E-state index in [4.69, 9.17) is 4.43 Å². The Morgan fingerprint density at radius 3 is 2.28 bits per heavy atom. The molecule has 1 N–H and O–H groups in total. The number of hydrogen-bond acceptors (Lipinski definition) is 2. The summed E-state index contributed by atoms with van der Waals surface area (Å²) in [5, 5.41) is 9.61. The maximum atomic E-state index is 9.33. The normalized spacial score (nSPS) is 31.0. The quantitative estimate of drug-likeness (QED) is 0.765. The van der Waals surface area contributed by atoms with E-state index in [0.717, 1.165) is 6.61 Å². The standard InChI is InChI=1S/C15H32O2Si/c1-12(10-16)13-8-9-15(13,5)11-17-18(6,7)14(2,3)4/h12-13,16H,8-11H2,1-7H3/t12-,13+,15+/m1/s1. The Balaban J connectivity index is 2.58. The van der Waals surface area contributed by atoms with Crippen molar-refractivity contribution in [1.29, 1.82) is 0 Å². The first kappa shape index (κ1) is 16.2. The van der Waals surface area contributed by atoms with Crippen molar-refractivity contribution in [2.24, 2.45) is 17.3 Å². The molecule has 0 unspecified atom stereocenters. The molecule has 1 rings (SSSR count). The van der Waals surface area contributed by atoms with E-state index in [-0.39, 0.29) is 10.5 Å². The van der Waals surface area contributed by atoms with E-state index in [9.17, 15) is 5.11 Å². The Morgan fingerprint density at radius 2 is 1.94 bits per heavy atom. The monoisotopic (exact) mass is 272 g/mol. The highest BCUT2D eigenvalue weighted by atomic mass is 28.4. The zero-order valence-electron chi connectivity index (χ0n) is 13.3. The van der Waals surface area contributed by atoms with Crippen LogP contribution in [-0.4, -0.2) is 26.6 Å². The van der Waals surface area contributed by atoms with E-state index >= 15 is 0 Å². The molecule has 0 heterocycles. The Kier molecular flexibility index (Phi) is 4.73. The van der Waals surface area contributed by atoms with Gasteiger partial charge in [0, 0.05) is 13.2 Å². The first-order valence-corrected chi connectivity index (χ1v) is 10.2. The molecular weight excluding hydrogens is 240 g/mol. The predicted octanol–water partition coefficient (Wildman–Crippen LogP) is 4.05. The minimum atomic E-state index is -1.63. The molecule has 0 aromatic heterocycles. The van der Waals surface area contributed by atoms with Gasteiger partial charge in [0.05, 0.1) is 0 Å². The first-order valence-electron chi connectivity index (χ1n) is 7.28. The average Bonchev–Trinajstić information content (AvgIpc) is 2.22. The molecule has 1 aliphatic carbocycles. The molecule has 0 spiro atoms. The third kappa shape index (κ3) is 3.17. The van der Waals surface area contributed by atoms with Crippen LogP contribution in [0, 0.1) is 17.3 Å². The number of rotatable bonds is 5. The smallest absolute Gasteiger partial charge is 0.192 e. The second kappa shape index (κ2) is 5.26. The Labute approximate surface area is 114 Å². The highest BCUT2D eigenvalue weighted by molar-refractivity contribution is 6.74. The van der Waals surface area contributed by atoms with Crippen LogP contribution in [0.5, 0.6) is 0 Å². The fourth-order valence-corrected chi connectivity index (χ4v) is 3.77. The minimum Gasteiger partial charge on any atom is -0.416 e. The van der Waals surface area contributed by atoms with Crippen LogP contribution in [0.25, 0.3) is 0 Å². The molecule has 2 nitrogen and oxygen atoms in total. The molecule has 0 aromatic carbocycles. The van der Waals surface area contributed by atoms with Gasteiger partial charge in [-0.2, -0.15) is 0 Å². The van der Waals surface area contributed by atoms with Crippen molar-refractivity contribution in [1.82, 2.24) is 0 Å². The zero-order valence-corrected chi connectivity index (χ0v) is 14.3. The van der Waals surface area contributed by atoms with E-state index in [0.29, 0.717) is 18.4 Å². The van der Waals surface area contributed by atoms with Crippen molar-refractivity contribution in [3.05, 3.63) is 0 Å². The molecule has 3 heteroatoms. The van der Waals surface area contributed by atoms with Crippen LogP contribution in [0.2, 0.25) is 18.1 Å². The molecule has 0 bridgehead atoms. The third-order valence-electron chi connectivity index (χ3n) is 5.47. The van der Waals surface area contributed by atoms with Gasteiger partial charge >= 0.3 is 0 Å². The fraction of sp³-hybridized carbons (Fsp3) is 1.00. The predicted molar refractivity (Wildman–Crippen MR) is 80.2 cm³/mol. The minimum absolute atomic E-state index is 0.283. The molecule has 1 saturated carbocycles. The Hall–Kier alpha value is 0.137. The average molecular weight is 273 g/mol. The lowest BCUT2D eigenvalue weighted by atomic mass is 9.57. The number of hydrogen-bond donors (Lipinski definition) is 1. The lowest BCUT2D eigenvalue weighted by Gasteiger charge is -2.51. The maximum absolute atomic E-state index is 9.33. The molecule has 1 aliphatic rings. The molecule has 108 valence electrons. The van der Waals surface area contributed by atoms with Crippen LogP contribution < -0.4 is 0 Å². The van der Waals surface area contributed by atoms with Crippen molar-refractivity contribution in [3.8, 4) is 0 Å². The molecule has 0 aliphatic heterocycles. The molecule has 0 saturated heterocycles. The number of aliphatic hydroxyl groups is 1. The second-order valence-electron chi connectivity index (χ2n) is 8.01. The summed E-state index contributed by atoms with van der Waals surface area (Å²) in [6.07, 6.45) is 2.50. The summed E-state index contributed by atoms with van der Waals surface area (Å²) in [6, 6.07) is 0. The lowest BCUT2D eigenvalue weighted by molar-refractivity contribution is -0.0470. The van der Waals surface area contributed by atoms with Gasteiger partial charge in [-0.05, 0) is 48.2 Å². The summed E-state index contributed by atoms with van der Waals surface area (Å²) in [5.41, 5.74) is 0.289. The first-order chi connectivity index (χ1) is 8.03. The van der Waals surface area contributed by atoms with Gasteiger partial charge in [0.1, 0.15) is 0 Å². The third-order valence-corrected chi connectivity index (χ3v) is 9.94. The van der Waals surface area contributed by atoms with Gasteiger partial charge in [0.15, 0.2) is 8.32 Å². The van der Waals surface area contributed by atoms with Crippen molar-refractivity contribution < 1.29 is 9.53 Å². The van der Waals surface area contributed by atoms with Crippen molar-refractivity contribution in [3.63, 3.8) is 0 Å². The van der Waals surface area contributed by atoms with Crippen LogP contribution in [0.1, 0.15) is 47.5 Å². The zero-order chi connectivity index (χ0) is 14.2. The molecule has 0 aromatic rings. The highest BCUT2D eigenvalue weighted by Gasteiger charge is 2.47. The molecular formula is C15H32O2Si. The molecule has 1 fully saturated rings. The van der Waals surface area contributed by atoms with Gasteiger partial charge in [0.25, 0.3) is 0 Å². The summed E-state index contributed by atoms with van der Waals surface area (Å²) < 4.78 is 6.38. The van der Waals surface area contributed by atoms with E-state index in [1.165, 1.54) is 12.8 Å². The maximum Gasteiger partial charge on any atom is 0.192 e. The molecule has 3 atom stereocenters. The van der Waals surface area contributed by atoms with Gasteiger partial charge in [-0.3, -0.25) is 0 Å². The van der Waals surface area contributed by atoms with Gasteiger partial charge < -0.3 is 9.53 Å². The topological polar surface area (TPSA) is 29.5 Å². The summed E-state index contributed by atoms with van der Waals surface area (Å²) in [4.78, 5) is 0. The Bertz CT molecular complexity index is 283. The van der Waals surface area contributed by atoms with Crippen LogP contribution >= 0.6 is 0 Å². The van der Waals surface area contributed by atoms with Crippen molar-refractivity contribution in [2.45, 2.75) is 65.6 Å². The van der Waals surface area contributed by atoms with Gasteiger partial charge in [0.2, 0.25) is 0 Å². The molecule has 0 amide bonds. The summed E-state index contributed by atoms with van der Waals surface area (Å²) in [6.45, 7) is 17.2. The number of aliphatic hydroxyl groups excluding tert-OH is 1. The Morgan fingerprint density at radius 1 is 1.39 bits per heavy atom. The SMILES string of the molecule is C[C@H](CO)[C@@H]1CC[C@@]1(C)CO[Si](C)(C)C(C)(C)C. The van der Waals surface area contributed by atoms with E-state index < -0.39 is 8.32 Å². The van der Waals surface area contributed by atoms with Crippen molar-refractivity contribution >= 4 is 8.32 Å². The molecule has 18 heavy (non-hydrogen) atoms. The highest BCUT2D eigenvalue weighted by Crippen LogP contribution is 2.51. The van der Waals surface area contributed by atoms with Gasteiger partial charge in [-0.25, -0.2) is 0 Å². The largest absolute Gasteiger partial charge is 0.416 e. The van der Waals surface area contributed by atoms with Gasteiger partial charge in [-0.15, -0.1) is 0 Å². The van der Waals surface area contributed by atoms with E-state index in [1.54, 1.807) is 0 Å². The van der Waals surface area contributed by atoms with Crippen LogP contribution in [-0.2, 0) is 4.43 Å². The second-order valence-corrected chi connectivity index (χ2v) is 12.8. The van der Waals surface area contributed by atoms with Crippen LogP contribution in [0.3, 0.4) is 0 Å². The summed E-state index contributed by atoms with van der Waals surface area (Å²) >= 11 is 0. The van der Waals surface area contributed by atoms with Crippen LogP contribution in [0.4, 0.5) is 0 Å². The van der Waals surface area contributed by atoms with E-state index in [2.05, 4.69) is 47.7 Å². The summed E-state index contributed by atoms with van der Waals surface area (Å²) in [5.74, 6) is 1.04. The van der Waals surface area contributed by atoms with Gasteiger partial charge in [-0.1, -0.05) is 34.6 Å². The molecule has 0 radical (unpaired) electrons. The lowest BCUT2D eigenvalue weighted by Crippen LogP contribution is -2.50. The summed E-state index contributed by atoms with van der Waals surface area (Å²) in [7, 11) is -1.63. The van der Waals surface area contributed by atoms with Crippen molar-refractivity contribution in [2.75, 3.05) is 13.2 Å². The van der Waals surface area contributed by atoms with E-state index in [1.807, 2.05) is 0 Å². The van der Waals surface area contributed by atoms with Crippen LogP contribution in [0.15, 0.2) is 0 Å².